The third-order valence-corrected chi connectivity index (χ3v) is 12.3. The Hall–Kier alpha value is -5.02. The fourth-order valence-electron chi connectivity index (χ4n) is 9.77. The van der Waals surface area contributed by atoms with E-state index in [0.29, 0.717) is 5.92 Å². The predicted octanol–water partition coefficient (Wildman–Crippen LogP) is 12.0. The molecular formula is C48H47N3. The maximum atomic E-state index is 2.76. The van der Waals surface area contributed by atoms with Crippen LogP contribution in [0.25, 0.3) is 43.4 Å². The molecule has 0 N–H and O–H groups in total. The predicted molar refractivity (Wildman–Crippen MR) is 219 cm³/mol. The molecule has 2 saturated heterocycles. The molecule has 0 aromatic heterocycles. The second kappa shape index (κ2) is 12.9. The van der Waals surface area contributed by atoms with Crippen LogP contribution in [0.3, 0.4) is 0 Å². The average molecular weight is 666 g/mol. The fraction of sp³-hybridized carbons (Fsp3) is 0.292. The van der Waals surface area contributed by atoms with Crippen molar-refractivity contribution >= 4 is 55.1 Å². The van der Waals surface area contributed by atoms with Gasteiger partial charge < -0.3 is 14.7 Å². The summed E-state index contributed by atoms with van der Waals surface area (Å²) >= 11 is 0. The van der Waals surface area contributed by atoms with Gasteiger partial charge in [0.1, 0.15) is 0 Å². The molecule has 3 nitrogen and oxygen atoms in total. The van der Waals surface area contributed by atoms with Crippen LogP contribution in [0.5, 0.6) is 0 Å². The zero-order valence-electron chi connectivity index (χ0n) is 29.6. The van der Waals surface area contributed by atoms with Gasteiger partial charge >= 0.3 is 0 Å². The molecule has 0 spiro atoms. The lowest BCUT2D eigenvalue weighted by Crippen LogP contribution is -2.35. The van der Waals surface area contributed by atoms with Crippen molar-refractivity contribution in [2.75, 3.05) is 40.9 Å². The number of rotatable bonds is 4. The van der Waals surface area contributed by atoms with Crippen LogP contribution >= 0.6 is 0 Å². The van der Waals surface area contributed by atoms with Gasteiger partial charge in [-0.05, 0) is 120 Å². The van der Waals surface area contributed by atoms with Crippen molar-refractivity contribution in [3.05, 3.63) is 133 Å². The van der Waals surface area contributed by atoms with Crippen molar-refractivity contribution in [3.8, 4) is 11.1 Å². The summed E-state index contributed by atoms with van der Waals surface area (Å²) in [7, 11) is 0. The lowest BCUT2D eigenvalue weighted by molar-refractivity contribution is 0.536. The molecule has 3 heterocycles. The lowest BCUT2D eigenvalue weighted by atomic mass is 9.85. The van der Waals surface area contributed by atoms with Crippen molar-refractivity contribution in [1.82, 2.24) is 0 Å². The highest BCUT2D eigenvalue weighted by Crippen LogP contribution is 2.51. The number of allylic oxidation sites excluding steroid dienone is 2. The molecule has 2 atom stereocenters. The van der Waals surface area contributed by atoms with Crippen molar-refractivity contribution < 1.29 is 0 Å². The second-order valence-electron chi connectivity index (χ2n) is 15.3. The summed E-state index contributed by atoms with van der Waals surface area (Å²) in [4.78, 5) is 8.02. The summed E-state index contributed by atoms with van der Waals surface area (Å²) in [6.45, 7) is 4.54. The van der Waals surface area contributed by atoms with E-state index in [1.165, 1.54) is 110 Å². The molecule has 3 heteroatoms. The molecular weight excluding hydrogens is 619 g/mol. The zero-order chi connectivity index (χ0) is 33.7. The van der Waals surface area contributed by atoms with E-state index in [2.05, 4.69) is 142 Å². The molecule has 254 valence electrons. The van der Waals surface area contributed by atoms with Gasteiger partial charge in [-0.25, -0.2) is 0 Å². The number of benzene rings is 6. The first-order valence-corrected chi connectivity index (χ1v) is 19.6. The highest BCUT2D eigenvalue weighted by molar-refractivity contribution is 6.24. The SMILES string of the molecule is C1=CC2CCc3ccccc3N(c3c4ccc(N5CCCCC5)cc4c(-c4cccc5ccccc45)c4ccc(N5CCCCC5)cc34)C2C=C1. The summed E-state index contributed by atoms with van der Waals surface area (Å²) < 4.78 is 0. The van der Waals surface area contributed by atoms with Crippen LogP contribution in [0, 0.1) is 5.92 Å². The van der Waals surface area contributed by atoms with E-state index in [1.807, 2.05) is 0 Å². The summed E-state index contributed by atoms with van der Waals surface area (Å²) in [5.74, 6) is 0.447. The number of para-hydroxylation sites is 1. The second-order valence-corrected chi connectivity index (χ2v) is 15.3. The van der Waals surface area contributed by atoms with Gasteiger partial charge in [-0.15, -0.1) is 0 Å². The van der Waals surface area contributed by atoms with Crippen LogP contribution in [-0.4, -0.2) is 32.2 Å². The van der Waals surface area contributed by atoms with E-state index in [0.717, 1.165) is 39.0 Å². The van der Waals surface area contributed by atoms with Crippen molar-refractivity contribution in [3.63, 3.8) is 0 Å². The molecule has 0 amide bonds. The zero-order valence-corrected chi connectivity index (χ0v) is 29.6. The fourth-order valence-corrected chi connectivity index (χ4v) is 9.77. The molecule has 0 radical (unpaired) electrons. The topological polar surface area (TPSA) is 9.72 Å². The first-order valence-electron chi connectivity index (χ1n) is 19.6. The first-order chi connectivity index (χ1) is 25.3. The van der Waals surface area contributed by atoms with Gasteiger partial charge in [-0.1, -0.05) is 97.1 Å². The van der Waals surface area contributed by atoms with Crippen LogP contribution in [-0.2, 0) is 6.42 Å². The summed E-state index contributed by atoms with van der Waals surface area (Å²) in [5, 5.41) is 8.02. The molecule has 3 aliphatic heterocycles. The van der Waals surface area contributed by atoms with E-state index >= 15 is 0 Å². The molecule has 2 unspecified atom stereocenters. The molecule has 1 aliphatic carbocycles. The highest BCUT2D eigenvalue weighted by atomic mass is 15.2. The van der Waals surface area contributed by atoms with Gasteiger partial charge in [0.15, 0.2) is 0 Å². The van der Waals surface area contributed by atoms with E-state index in [1.54, 1.807) is 0 Å². The molecule has 6 aromatic carbocycles. The maximum absolute atomic E-state index is 2.76. The maximum Gasteiger partial charge on any atom is 0.0588 e. The van der Waals surface area contributed by atoms with E-state index in [9.17, 15) is 0 Å². The Morgan fingerprint density at radius 3 is 1.98 bits per heavy atom. The Balaban J connectivity index is 1.34. The number of fused-ring (bicyclic) bond motifs is 5. The number of hydrogen-bond acceptors (Lipinski definition) is 3. The van der Waals surface area contributed by atoms with Crippen molar-refractivity contribution in [1.29, 1.82) is 0 Å². The Morgan fingerprint density at radius 1 is 0.510 bits per heavy atom. The van der Waals surface area contributed by atoms with Crippen LogP contribution < -0.4 is 14.7 Å². The Labute approximate surface area is 302 Å². The number of aryl methyl sites for hydroxylation is 1. The van der Waals surface area contributed by atoms with Crippen LogP contribution in [0.1, 0.15) is 50.5 Å². The Kier molecular flexibility index (Phi) is 7.81. The number of hydrogen-bond donors (Lipinski definition) is 0. The third kappa shape index (κ3) is 5.32. The largest absolute Gasteiger partial charge is 0.372 e. The molecule has 0 saturated carbocycles. The molecule has 4 aliphatic rings. The third-order valence-electron chi connectivity index (χ3n) is 12.3. The number of anilines is 4. The molecule has 10 rings (SSSR count). The Morgan fingerprint density at radius 2 is 1.18 bits per heavy atom. The lowest BCUT2D eigenvalue weighted by Gasteiger charge is -2.38. The van der Waals surface area contributed by atoms with E-state index in [4.69, 9.17) is 0 Å². The number of piperidine rings is 2. The summed E-state index contributed by atoms with van der Waals surface area (Å²) in [5.41, 5.74) is 9.56. The van der Waals surface area contributed by atoms with Crippen LogP contribution in [0.4, 0.5) is 22.7 Å². The van der Waals surface area contributed by atoms with Gasteiger partial charge in [0.2, 0.25) is 0 Å². The molecule has 0 bridgehead atoms. The van der Waals surface area contributed by atoms with Crippen LogP contribution in [0.2, 0.25) is 0 Å². The van der Waals surface area contributed by atoms with Gasteiger partial charge in [0.25, 0.3) is 0 Å². The Bertz CT molecular complexity index is 2310. The molecule has 51 heavy (non-hydrogen) atoms. The summed E-state index contributed by atoms with van der Waals surface area (Å²) in [6.07, 6.45) is 19.5. The van der Waals surface area contributed by atoms with Gasteiger partial charge in [-0.3, -0.25) is 0 Å². The van der Waals surface area contributed by atoms with Crippen molar-refractivity contribution in [2.45, 2.75) is 57.4 Å². The normalized spacial score (nSPS) is 20.5. The minimum absolute atomic E-state index is 0.244. The quantitative estimate of drug-likeness (QED) is 0.174. The van der Waals surface area contributed by atoms with Gasteiger partial charge in [0.05, 0.1) is 11.7 Å². The standard InChI is InChI=1S/C48H47N3/c1-9-28-49(29-10-1)37-25-27-42-43(32-37)47(40-19-13-17-34-14-3-6-18-39(34)40)41-26-24-38(50-30-11-2-12-31-50)33-44(41)48(42)51-45-20-7-4-15-35(45)22-23-36-16-5-8-21-46(36)51/h3-8,13-21,24-27,32-33,35,45H,1-2,9-12,22-23,28-31H2. The number of nitrogens with zero attached hydrogens (tertiary/aromatic N) is 3. The highest BCUT2D eigenvalue weighted by Gasteiger charge is 2.34. The van der Waals surface area contributed by atoms with Gasteiger partial charge in [-0.2, -0.15) is 0 Å². The van der Waals surface area contributed by atoms with Gasteiger partial charge in [0, 0.05) is 59.9 Å². The smallest absolute Gasteiger partial charge is 0.0588 e. The first kappa shape index (κ1) is 30.8. The summed E-state index contributed by atoms with van der Waals surface area (Å²) in [6, 6.07) is 40.3. The van der Waals surface area contributed by atoms with Crippen LogP contribution in [0.15, 0.2) is 127 Å². The average Bonchev–Trinajstić information content (AvgIpc) is 3.37. The van der Waals surface area contributed by atoms with E-state index < -0.39 is 0 Å². The monoisotopic (exact) mass is 665 g/mol. The minimum Gasteiger partial charge on any atom is -0.372 e. The molecule has 2 fully saturated rings. The molecule has 6 aromatic rings. The minimum atomic E-state index is 0.244. The van der Waals surface area contributed by atoms with Crippen molar-refractivity contribution in [2.24, 2.45) is 5.92 Å². The van der Waals surface area contributed by atoms with E-state index in [-0.39, 0.29) is 6.04 Å².